The Kier molecular flexibility index (Phi) is 4.22. The Labute approximate surface area is 90.2 Å². The lowest BCUT2D eigenvalue weighted by atomic mass is 10.1. The van der Waals surface area contributed by atoms with Crippen molar-refractivity contribution in [3.05, 3.63) is 21.9 Å². The standard InChI is InChI=1S/C9H12O5S/c10-2-1-6(11)8(12)7-3-5(4-15-7)9(13)14/h3-4,6,8,10-12H,1-2H2,(H,13,14). The minimum absolute atomic E-state index is 0.0570. The van der Waals surface area contributed by atoms with Crippen molar-refractivity contribution in [1.82, 2.24) is 0 Å². The van der Waals surface area contributed by atoms with Gasteiger partial charge in [0, 0.05) is 16.9 Å². The summed E-state index contributed by atoms with van der Waals surface area (Å²) in [5, 5.41) is 37.5. The maximum atomic E-state index is 10.6. The van der Waals surface area contributed by atoms with Crippen LogP contribution in [0.5, 0.6) is 0 Å². The van der Waals surface area contributed by atoms with E-state index in [0.717, 1.165) is 11.3 Å². The van der Waals surface area contributed by atoms with Gasteiger partial charge in [-0.15, -0.1) is 11.3 Å². The maximum Gasteiger partial charge on any atom is 0.336 e. The largest absolute Gasteiger partial charge is 0.478 e. The molecule has 0 aliphatic carbocycles. The van der Waals surface area contributed by atoms with Crippen molar-refractivity contribution in [3.8, 4) is 0 Å². The second-order valence-electron chi connectivity index (χ2n) is 3.07. The van der Waals surface area contributed by atoms with Gasteiger partial charge in [-0.3, -0.25) is 0 Å². The molecule has 0 spiro atoms. The summed E-state index contributed by atoms with van der Waals surface area (Å²) in [4.78, 5) is 10.9. The number of aliphatic hydroxyl groups is 3. The summed E-state index contributed by atoms with van der Waals surface area (Å²) in [6, 6.07) is 1.32. The molecular weight excluding hydrogens is 220 g/mol. The molecule has 0 aliphatic rings. The fraction of sp³-hybridized carbons (Fsp3) is 0.444. The number of hydrogen-bond donors (Lipinski definition) is 4. The molecule has 1 aromatic heterocycles. The van der Waals surface area contributed by atoms with E-state index in [1.54, 1.807) is 0 Å². The van der Waals surface area contributed by atoms with Gasteiger partial charge in [0.1, 0.15) is 6.10 Å². The summed E-state index contributed by atoms with van der Waals surface area (Å²) < 4.78 is 0. The van der Waals surface area contributed by atoms with E-state index in [1.807, 2.05) is 0 Å². The van der Waals surface area contributed by atoms with E-state index < -0.39 is 18.2 Å². The lowest BCUT2D eigenvalue weighted by Gasteiger charge is -2.14. The second-order valence-corrected chi connectivity index (χ2v) is 4.01. The summed E-state index contributed by atoms with van der Waals surface area (Å²) in [5.74, 6) is -1.07. The Morgan fingerprint density at radius 2 is 2.13 bits per heavy atom. The molecule has 2 unspecified atom stereocenters. The Morgan fingerprint density at radius 3 is 2.60 bits per heavy atom. The van der Waals surface area contributed by atoms with Crippen molar-refractivity contribution in [1.29, 1.82) is 0 Å². The van der Waals surface area contributed by atoms with Crippen molar-refractivity contribution < 1.29 is 25.2 Å². The fourth-order valence-electron chi connectivity index (χ4n) is 1.10. The Morgan fingerprint density at radius 1 is 1.47 bits per heavy atom. The van der Waals surface area contributed by atoms with Crippen LogP contribution in [-0.4, -0.2) is 39.1 Å². The minimum Gasteiger partial charge on any atom is -0.478 e. The number of carbonyl (C=O) groups is 1. The number of rotatable bonds is 5. The predicted octanol–water partition coefficient (Wildman–Crippen LogP) is 0.223. The van der Waals surface area contributed by atoms with Crippen molar-refractivity contribution in [2.24, 2.45) is 0 Å². The van der Waals surface area contributed by atoms with Crippen LogP contribution >= 0.6 is 11.3 Å². The number of carboxylic acid groups (broad SMARTS) is 1. The molecule has 0 bridgehead atoms. The van der Waals surface area contributed by atoms with Crippen molar-refractivity contribution in [2.75, 3.05) is 6.61 Å². The first-order valence-corrected chi connectivity index (χ1v) is 5.23. The molecule has 0 aromatic carbocycles. The number of aromatic carboxylic acids is 1. The van der Waals surface area contributed by atoms with Crippen LogP contribution in [0.1, 0.15) is 27.8 Å². The second kappa shape index (κ2) is 5.22. The fourth-order valence-corrected chi connectivity index (χ4v) is 2.02. The van der Waals surface area contributed by atoms with Gasteiger partial charge in [-0.2, -0.15) is 0 Å². The van der Waals surface area contributed by atoms with Crippen molar-refractivity contribution in [3.63, 3.8) is 0 Å². The zero-order chi connectivity index (χ0) is 11.4. The van der Waals surface area contributed by atoms with E-state index >= 15 is 0 Å². The van der Waals surface area contributed by atoms with Gasteiger partial charge in [-0.1, -0.05) is 0 Å². The summed E-state index contributed by atoms with van der Waals surface area (Å²) in [6.45, 7) is -0.227. The molecule has 84 valence electrons. The van der Waals surface area contributed by atoms with Crippen LogP contribution in [0, 0.1) is 0 Å². The Balaban J connectivity index is 2.73. The van der Waals surface area contributed by atoms with E-state index in [2.05, 4.69) is 0 Å². The monoisotopic (exact) mass is 232 g/mol. The average Bonchev–Trinajstić information content (AvgIpc) is 2.65. The first-order valence-electron chi connectivity index (χ1n) is 4.35. The highest BCUT2D eigenvalue weighted by molar-refractivity contribution is 7.10. The van der Waals surface area contributed by atoms with E-state index in [0.29, 0.717) is 4.88 Å². The molecule has 6 heteroatoms. The van der Waals surface area contributed by atoms with E-state index in [9.17, 15) is 15.0 Å². The smallest absolute Gasteiger partial charge is 0.336 e. The highest BCUT2D eigenvalue weighted by Gasteiger charge is 2.20. The molecule has 0 amide bonds. The van der Waals surface area contributed by atoms with Crippen molar-refractivity contribution >= 4 is 17.3 Å². The predicted molar refractivity (Wildman–Crippen MR) is 53.9 cm³/mol. The van der Waals surface area contributed by atoms with Gasteiger partial charge >= 0.3 is 5.97 Å². The molecule has 15 heavy (non-hydrogen) atoms. The molecule has 1 aromatic rings. The third kappa shape index (κ3) is 3.00. The molecule has 0 aliphatic heterocycles. The number of aliphatic hydroxyl groups excluding tert-OH is 3. The summed E-state index contributed by atoms with van der Waals surface area (Å²) in [7, 11) is 0. The van der Waals surface area contributed by atoms with E-state index in [4.69, 9.17) is 10.2 Å². The molecular formula is C9H12O5S. The quantitative estimate of drug-likeness (QED) is 0.582. The maximum absolute atomic E-state index is 10.6. The Hall–Kier alpha value is -0.950. The zero-order valence-corrected chi connectivity index (χ0v) is 8.65. The van der Waals surface area contributed by atoms with Gasteiger partial charge in [-0.05, 0) is 12.5 Å². The van der Waals surface area contributed by atoms with Gasteiger partial charge < -0.3 is 20.4 Å². The summed E-state index contributed by atoms with van der Waals surface area (Å²) >= 11 is 1.07. The molecule has 0 saturated carbocycles. The van der Waals surface area contributed by atoms with Crippen molar-refractivity contribution in [2.45, 2.75) is 18.6 Å². The molecule has 4 N–H and O–H groups in total. The number of hydrogen-bond acceptors (Lipinski definition) is 5. The summed E-state index contributed by atoms with van der Waals surface area (Å²) in [5.41, 5.74) is 0.0882. The SMILES string of the molecule is O=C(O)c1csc(C(O)C(O)CCO)c1. The molecule has 2 atom stereocenters. The van der Waals surface area contributed by atoms with Crippen LogP contribution in [0.15, 0.2) is 11.4 Å². The van der Waals surface area contributed by atoms with Crippen LogP contribution in [-0.2, 0) is 0 Å². The highest BCUT2D eigenvalue weighted by atomic mass is 32.1. The van der Waals surface area contributed by atoms with Crippen LogP contribution in [0.3, 0.4) is 0 Å². The number of carboxylic acids is 1. The van der Waals surface area contributed by atoms with Gasteiger partial charge in [-0.25, -0.2) is 4.79 Å². The van der Waals surface area contributed by atoms with Crippen LogP contribution in [0.4, 0.5) is 0 Å². The third-order valence-corrected chi connectivity index (χ3v) is 2.95. The molecule has 1 heterocycles. The van der Waals surface area contributed by atoms with Crippen LogP contribution < -0.4 is 0 Å². The number of thiophene rings is 1. The first kappa shape index (κ1) is 12.1. The van der Waals surface area contributed by atoms with E-state index in [1.165, 1.54) is 11.4 Å². The first-order chi connectivity index (χ1) is 7.06. The average molecular weight is 232 g/mol. The lowest BCUT2D eigenvalue weighted by molar-refractivity contribution is 0.00613. The molecule has 0 fully saturated rings. The topological polar surface area (TPSA) is 98.0 Å². The highest BCUT2D eigenvalue weighted by Crippen LogP contribution is 2.25. The minimum atomic E-state index is -1.14. The molecule has 5 nitrogen and oxygen atoms in total. The van der Waals surface area contributed by atoms with Crippen LogP contribution in [0.25, 0.3) is 0 Å². The third-order valence-electron chi connectivity index (χ3n) is 1.95. The Bertz CT molecular complexity index is 335. The molecule has 0 saturated heterocycles. The van der Waals surface area contributed by atoms with Gasteiger partial charge in [0.15, 0.2) is 0 Å². The summed E-state index contributed by atoms with van der Waals surface area (Å²) in [6.07, 6.45) is -2.16. The van der Waals surface area contributed by atoms with Gasteiger partial charge in [0.2, 0.25) is 0 Å². The van der Waals surface area contributed by atoms with Gasteiger partial charge in [0.05, 0.1) is 11.7 Å². The normalized spacial score (nSPS) is 14.9. The van der Waals surface area contributed by atoms with E-state index in [-0.39, 0.29) is 18.6 Å². The zero-order valence-electron chi connectivity index (χ0n) is 7.83. The lowest BCUT2D eigenvalue weighted by Crippen LogP contribution is -2.18. The van der Waals surface area contributed by atoms with Gasteiger partial charge in [0.25, 0.3) is 0 Å². The van der Waals surface area contributed by atoms with Crippen LogP contribution in [0.2, 0.25) is 0 Å². The molecule has 1 rings (SSSR count). The molecule has 0 radical (unpaired) electrons.